The Hall–Kier alpha value is -2.43. The second-order valence-corrected chi connectivity index (χ2v) is 4.20. The molecule has 21 heavy (non-hydrogen) atoms. The van der Waals surface area contributed by atoms with Gasteiger partial charge in [-0.1, -0.05) is 37.3 Å². The lowest BCUT2D eigenvalue weighted by Gasteiger charge is -2.10. The smallest absolute Gasteiger partial charge is 0.338 e. The summed E-state index contributed by atoms with van der Waals surface area (Å²) in [6.45, 7) is 3.46. The molecule has 0 amide bonds. The van der Waals surface area contributed by atoms with Gasteiger partial charge in [-0.25, -0.2) is 4.79 Å². The van der Waals surface area contributed by atoms with Crippen molar-refractivity contribution in [1.29, 1.82) is 0 Å². The molecule has 1 rings (SSSR count). The van der Waals surface area contributed by atoms with E-state index < -0.39 is 23.8 Å². The minimum atomic E-state index is -1.07. The summed E-state index contributed by atoms with van der Waals surface area (Å²) in [7, 11) is 0. The average Bonchev–Trinajstić information content (AvgIpc) is 2.47. The Kier molecular flexibility index (Phi) is 6.87. The van der Waals surface area contributed by atoms with E-state index in [-0.39, 0.29) is 13.0 Å². The number of ether oxygens (including phenoxy) is 2. The van der Waals surface area contributed by atoms with Gasteiger partial charge in [-0.15, -0.1) is 0 Å². The van der Waals surface area contributed by atoms with Crippen molar-refractivity contribution in [1.82, 2.24) is 0 Å². The summed E-state index contributed by atoms with van der Waals surface area (Å²) in [5, 5.41) is 0. The fourth-order valence-electron chi connectivity index (χ4n) is 1.61. The van der Waals surface area contributed by atoms with Gasteiger partial charge in [0.05, 0.1) is 6.61 Å². The molecule has 0 saturated carbocycles. The van der Waals surface area contributed by atoms with Crippen molar-refractivity contribution >= 4 is 24.0 Å². The minimum absolute atomic E-state index is 0.171. The molecule has 1 aromatic carbocycles. The Morgan fingerprint density at radius 1 is 1.10 bits per heavy atom. The number of esters is 3. The van der Waals surface area contributed by atoms with Crippen LogP contribution in [0, 0.1) is 5.92 Å². The normalized spacial score (nSPS) is 11.9. The molecule has 0 aliphatic carbocycles. The molecule has 5 heteroatoms. The molecular weight excluding hydrogens is 272 g/mol. The average molecular weight is 290 g/mol. The predicted octanol–water partition coefficient (Wildman–Crippen LogP) is 2.36. The topological polar surface area (TPSA) is 69.7 Å². The van der Waals surface area contributed by atoms with Crippen LogP contribution in [0.3, 0.4) is 0 Å². The molecule has 1 unspecified atom stereocenters. The van der Waals surface area contributed by atoms with Gasteiger partial charge in [0.15, 0.2) is 5.92 Å². The highest BCUT2D eigenvalue weighted by Crippen LogP contribution is 2.09. The van der Waals surface area contributed by atoms with Crippen LogP contribution in [0.2, 0.25) is 0 Å². The number of carbonyl (C=O) groups is 3. The number of rotatable bonds is 6. The molecule has 112 valence electrons. The standard InChI is InChI=1S/C16H18O5/c1-3-13(15(18)20-4-2)16(19)21-14(17)11-10-12-8-6-5-7-9-12/h5-11,13H,3-4H2,1-2H3. The van der Waals surface area contributed by atoms with Crippen LogP contribution in [0.25, 0.3) is 6.08 Å². The molecule has 0 aromatic heterocycles. The number of benzene rings is 1. The maximum atomic E-state index is 11.7. The van der Waals surface area contributed by atoms with Gasteiger partial charge in [0.1, 0.15) is 0 Å². The molecule has 0 aliphatic heterocycles. The molecule has 1 atom stereocenters. The summed E-state index contributed by atoms with van der Waals surface area (Å²) in [5.41, 5.74) is 0.805. The Balaban J connectivity index is 2.59. The molecule has 0 aliphatic rings. The summed E-state index contributed by atoms with van der Waals surface area (Å²) in [4.78, 5) is 34.8. The lowest BCUT2D eigenvalue weighted by molar-refractivity contribution is -0.166. The Morgan fingerprint density at radius 3 is 2.33 bits per heavy atom. The highest BCUT2D eigenvalue weighted by molar-refractivity contribution is 6.02. The fourth-order valence-corrected chi connectivity index (χ4v) is 1.61. The van der Waals surface area contributed by atoms with E-state index in [4.69, 9.17) is 4.74 Å². The molecule has 0 bridgehead atoms. The van der Waals surface area contributed by atoms with Crippen molar-refractivity contribution in [2.45, 2.75) is 20.3 Å². The van der Waals surface area contributed by atoms with Crippen molar-refractivity contribution in [2.24, 2.45) is 5.92 Å². The van der Waals surface area contributed by atoms with Crippen molar-refractivity contribution in [3.8, 4) is 0 Å². The highest BCUT2D eigenvalue weighted by Gasteiger charge is 2.29. The minimum Gasteiger partial charge on any atom is -0.465 e. The van der Waals surface area contributed by atoms with E-state index in [1.54, 1.807) is 26.0 Å². The first-order chi connectivity index (χ1) is 10.1. The predicted molar refractivity (Wildman–Crippen MR) is 77.0 cm³/mol. The van der Waals surface area contributed by atoms with Gasteiger partial charge in [0, 0.05) is 6.08 Å². The molecule has 0 N–H and O–H groups in total. The van der Waals surface area contributed by atoms with E-state index in [0.29, 0.717) is 0 Å². The summed E-state index contributed by atoms with van der Waals surface area (Å²) < 4.78 is 9.38. The summed E-state index contributed by atoms with van der Waals surface area (Å²) in [6.07, 6.45) is 2.89. The van der Waals surface area contributed by atoms with Gasteiger partial charge in [-0.2, -0.15) is 0 Å². The van der Waals surface area contributed by atoms with Crippen LogP contribution in [0.4, 0.5) is 0 Å². The molecule has 0 heterocycles. The quantitative estimate of drug-likeness (QED) is 0.457. The van der Waals surface area contributed by atoms with Gasteiger partial charge in [-0.3, -0.25) is 9.59 Å². The van der Waals surface area contributed by atoms with Crippen molar-refractivity contribution < 1.29 is 23.9 Å². The molecule has 5 nitrogen and oxygen atoms in total. The lowest BCUT2D eigenvalue weighted by Crippen LogP contribution is -2.28. The van der Waals surface area contributed by atoms with E-state index in [2.05, 4.69) is 4.74 Å². The molecule has 0 radical (unpaired) electrons. The van der Waals surface area contributed by atoms with E-state index in [1.807, 2.05) is 18.2 Å². The third kappa shape index (κ3) is 5.60. The summed E-state index contributed by atoms with van der Waals surface area (Å²) in [6, 6.07) is 9.11. The van der Waals surface area contributed by atoms with Gasteiger partial charge in [0.2, 0.25) is 0 Å². The van der Waals surface area contributed by atoms with E-state index in [0.717, 1.165) is 11.6 Å². The van der Waals surface area contributed by atoms with Crippen molar-refractivity contribution in [2.75, 3.05) is 6.61 Å². The van der Waals surface area contributed by atoms with Crippen LogP contribution in [0.5, 0.6) is 0 Å². The maximum Gasteiger partial charge on any atom is 0.338 e. The summed E-state index contributed by atoms with van der Waals surface area (Å²) >= 11 is 0. The summed E-state index contributed by atoms with van der Waals surface area (Å²) in [5.74, 6) is -3.45. The SMILES string of the molecule is CCOC(=O)C(CC)C(=O)OC(=O)C=Cc1ccccc1. The van der Waals surface area contributed by atoms with Crippen LogP contribution in [-0.2, 0) is 23.9 Å². The fraction of sp³-hybridized carbons (Fsp3) is 0.312. The van der Waals surface area contributed by atoms with Crippen molar-refractivity contribution in [3.63, 3.8) is 0 Å². The third-order valence-corrected chi connectivity index (χ3v) is 2.68. The monoisotopic (exact) mass is 290 g/mol. The molecular formula is C16H18O5. The zero-order valence-electron chi connectivity index (χ0n) is 12.1. The molecule has 1 aromatic rings. The van der Waals surface area contributed by atoms with Gasteiger partial charge < -0.3 is 9.47 Å². The number of hydrogen-bond acceptors (Lipinski definition) is 5. The maximum absolute atomic E-state index is 11.7. The van der Waals surface area contributed by atoms with E-state index >= 15 is 0 Å². The van der Waals surface area contributed by atoms with Crippen LogP contribution in [0.1, 0.15) is 25.8 Å². The van der Waals surface area contributed by atoms with Crippen LogP contribution >= 0.6 is 0 Å². The van der Waals surface area contributed by atoms with E-state index in [1.165, 1.54) is 6.08 Å². The molecule has 0 saturated heterocycles. The zero-order valence-corrected chi connectivity index (χ0v) is 12.1. The second kappa shape index (κ2) is 8.68. The number of hydrogen-bond donors (Lipinski definition) is 0. The molecule has 0 fully saturated rings. The third-order valence-electron chi connectivity index (χ3n) is 2.68. The van der Waals surface area contributed by atoms with Crippen LogP contribution < -0.4 is 0 Å². The van der Waals surface area contributed by atoms with Gasteiger partial charge >= 0.3 is 17.9 Å². The Labute approximate surface area is 123 Å². The van der Waals surface area contributed by atoms with Crippen LogP contribution in [-0.4, -0.2) is 24.5 Å². The Bertz CT molecular complexity index is 519. The first-order valence-corrected chi connectivity index (χ1v) is 6.73. The zero-order chi connectivity index (χ0) is 15.7. The number of carbonyl (C=O) groups excluding carboxylic acids is 3. The second-order valence-electron chi connectivity index (χ2n) is 4.20. The van der Waals surface area contributed by atoms with Gasteiger partial charge in [-0.05, 0) is 25.0 Å². The van der Waals surface area contributed by atoms with E-state index in [9.17, 15) is 14.4 Å². The highest BCUT2D eigenvalue weighted by atomic mass is 16.6. The van der Waals surface area contributed by atoms with Crippen LogP contribution in [0.15, 0.2) is 36.4 Å². The largest absolute Gasteiger partial charge is 0.465 e. The molecule has 0 spiro atoms. The first-order valence-electron chi connectivity index (χ1n) is 6.73. The van der Waals surface area contributed by atoms with Crippen molar-refractivity contribution in [3.05, 3.63) is 42.0 Å². The van der Waals surface area contributed by atoms with Gasteiger partial charge in [0.25, 0.3) is 0 Å². The lowest BCUT2D eigenvalue weighted by atomic mass is 10.1. The first kappa shape index (κ1) is 16.6. The Morgan fingerprint density at radius 2 is 1.76 bits per heavy atom.